The molecule has 2 aromatic heterocycles. The zero-order valence-corrected chi connectivity index (χ0v) is 21.0. The number of aliphatic hydroxyl groups excluding tert-OH is 1. The van der Waals surface area contributed by atoms with Gasteiger partial charge in [0.25, 0.3) is 0 Å². The van der Waals surface area contributed by atoms with Gasteiger partial charge in [0.05, 0.1) is 48.8 Å². The Bertz CT molecular complexity index is 1370. The molecular weight excluding hydrogens is 468 g/mol. The fourth-order valence-corrected chi connectivity index (χ4v) is 6.21. The highest BCUT2D eigenvalue weighted by molar-refractivity contribution is 7.90. The number of aromatic nitrogens is 4. The minimum atomic E-state index is -3.20. The van der Waals surface area contributed by atoms with Crippen molar-refractivity contribution in [1.82, 2.24) is 19.5 Å². The molecular formula is C24H30N6O4S. The summed E-state index contributed by atoms with van der Waals surface area (Å²) in [6, 6.07) is 3.95. The van der Waals surface area contributed by atoms with Crippen molar-refractivity contribution in [2.45, 2.75) is 44.9 Å². The second-order valence-corrected chi connectivity index (χ2v) is 11.4. The molecule has 0 radical (unpaired) electrons. The maximum Gasteiger partial charge on any atom is 0.230 e. The fraction of sp³-hybridized carbons (Fsp3) is 0.458. The second kappa shape index (κ2) is 9.12. The van der Waals surface area contributed by atoms with Gasteiger partial charge < -0.3 is 24.6 Å². The number of hydrogen-bond acceptors (Lipinski definition) is 9. The number of imidazole rings is 1. The average molecular weight is 499 g/mol. The lowest BCUT2D eigenvalue weighted by Crippen LogP contribution is -2.35. The molecule has 0 spiro atoms. The van der Waals surface area contributed by atoms with Crippen LogP contribution in [0.5, 0.6) is 5.75 Å². The molecule has 1 saturated heterocycles. The molecule has 0 bridgehead atoms. The van der Waals surface area contributed by atoms with Gasteiger partial charge in [-0.25, -0.2) is 18.4 Å². The number of fused-ring (bicyclic) bond motifs is 1. The Labute approximate surface area is 204 Å². The maximum atomic E-state index is 12.4. The quantitative estimate of drug-likeness (QED) is 0.528. The molecule has 2 aliphatic rings. The Balaban J connectivity index is 1.48. The topological polar surface area (TPSA) is 122 Å². The first-order valence-corrected chi connectivity index (χ1v) is 13.5. The first-order valence-electron chi connectivity index (χ1n) is 11.7. The SMILES string of the molecule is COc1cc(-n2cnc(Nc3nc4c(c(N5CCC[C@H]5CO)n3)CS(=O)(=O)CC4)c2)cc(C)c1C. The summed E-state index contributed by atoms with van der Waals surface area (Å²) < 4.78 is 32.1. The van der Waals surface area contributed by atoms with E-state index in [9.17, 15) is 13.5 Å². The van der Waals surface area contributed by atoms with Crippen LogP contribution in [0.1, 0.15) is 35.2 Å². The smallest absolute Gasteiger partial charge is 0.230 e. The molecule has 0 amide bonds. The van der Waals surface area contributed by atoms with E-state index in [0.29, 0.717) is 29.6 Å². The Hall–Kier alpha value is -3.18. The van der Waals surface area contributed by atoms with Crippen molar-refractivity contribution < 1.29 is 18.3 Å². The number of nitrogens with one attached hydrogen (secondary N) is 1. The summed E-state index contributed by atoms with van der Waals surface area (Å²) in [5, 5.41) is 13.0. The molecule has 1 atom stereocenters. The predicted octanol–water partition coefficient (Wildman–Crippen LogP) is 2.46. The molecule has 5 rings (SSSR count). The molecule has 1 aromatic carbocycles. The Morgan fingerprint density at radius 2 is 2.09 bits per heavy atom. The molecule has 11 heteroatoms. The predicted molar refractivity (Wildman–Crippen MR) is 134 cm³/mol. The number of hydrogen-bond donors (Lipinski definition) is 2. The molecule has 3 aromatic rings. The van der Waals surface area contributed by atoms with E-state index in [1.165, 1.54) is 0 Å². The molecule has 186 valence electrons. The van der Waals surface area contributed by atoms with Crippen molar-refractivity contribution in [3.63, 3.8) is 0 Å². The average Bonchev–Trinajstić information content (AvgIpc) is 3.49. The largest absolute Gasteiger partial charge is 0.496 e. The zero-order valence-electron chi connectivity index (χ0n) is 20.2. The number of benzene rings is 1. The third kappa shape index (κ3) is 4.57. The van der Waals surface area contributed by atoms with Gasteiger partial charge >= 0.3 is 0 Å². The lowest BCUT2D eigenvalue weighted by molar-refractivity contribution is 0.266. The molecule has 10 nitrogen and oxygen atoms in total. The van der Waals surface area contributed by atoms with Crippen LogP contribution in [-0.4, -0.2) is 65.1 Å². The number of aliphatic hydroxyl groups is 1. The monoisotopic (exact) mass is 498 g/mol. The minimum absolute atomic E-state index is 0.00186. The molecule has 0 unspecified atom stereocenters. The van der Waals surface area contributed by atoms with Crippen molar-refractivity contribution in [2.24, 2.45) is 0 Å². The summed E-state index contributed by atoms with van der Waals surface area (Å²) in [6.45, 7) is 4.78. The van der Waals surface area contributed by atoms with E-state index >= 15 is 0 Å². The van der Waals surface area contributed by atoms with Gasteiger partial charge in [-0.15, -0.1) is 0 Å². The van der Waals surface area contributed by atoms with Gasteiger partial charge in [-0.1, -0.05) is 0 Å². The van der Waals surface area contributed by atoms with Crippen LogP contribution in [0.3, 0.4) is 0 Å². The van der Waals surface area contributed by atoms with Crippen molar-refractivity contribution in [3.05, 3.63) is 47.0 Å². The van der Waals surface area contributed by atoms with Crippen molar-refractivity contribution in [1.29, 1.82) is 0 Å². The van der Waals surface area contributed by atoms with Crippen LogP contribution in [0.2, 0.25) is 0 Å². The molecule has 0 aliphatic carbocycles. The summed E-state index contributed by atoms with van der Waals surface area (Å²) in [6.07, 6.45) is 5.66. The summed E-state index contributed by atoms with van der Waals surface area (Å²) in [4.78, 5) is 15.9. The molecule has 2 N–H and O–H groups in total. The van der Waals surface area contributed by atoms with Crippen LogP contribution in [0.4, 0.5) is 17.6 Å². The molecule has 2 aliphatic heterocycles. The lowest BCUT2D eigenvalue weighted by atomic mass is 10.1. The summed E-state index contributed by atoms with van der Waals surface area (Å²) in [7, 11) is -1.54. The minimum Gasteiger partial charge on any atom is -0.496 e. The van der Waals surface area contributed by atoms with Gasteiger partial charge in [0.15, 0.2) is 15.7 Å². The van der Waals surface area contributed by atoms with Crippen LogP contribution >= 0.6 is 0 Å². The number of methoxy groups -OCH3 is 1. The van der Waals surface area contributed by atoms with E-state index < -0.39 is 9.84 Å². The van der Waals surface area contributed by atoms with E-state index in [0.717, 1.165) is 47.6 Å². The van der Waals surface area contributed by atoms with Crippen molar-refractivity contribution in [2.75, 3.05) is 36.2 Å². The number of nitrogens with zero attached hydrogens (tertiary/aromatic N) is 5. The van der Waals surface area contributed by atoms with E-state index in [1.54, 1.807) is 13.4 Å². The number of sulfone groups is 1. The van der Waals surface area contributed by atoms with Crippen LogP contribution < -0.4 is 15.0 Å². The van der Waals surface area contributed by atoms with E-state index in [4.69, 9.17) is 9.72 Å². The lowest BCUT2D eigenvalue weighted by Gasteiger charge is -2.29. The van der Waals surface area contributed by atoms with Gasteiger partial charge in [-0.05, 0) is 43.9 Å². The third-order valence-corrected chi connectivity index (χ3v) is 8.44. The Morgan fingerprint density at radius 3 is 2.86 bits per heavy atom. The first-order chi connectivity index (χ1) is 16.8. The van der Waals surface area contributed by atoms with Crippen molar-refractivity contribution >= 4 is 27.4 Å². The highest BCUT2D eigenvalue weighted by Gasteiger charge is 2.33. The van der Waals surface area contributed by atoms with Crippen LogP contribution in [0.15, 0.2) is 24.7 Å². The Morgan fingerprint density at radius 1 is 1.26 bits per heavy atom. The first kappa shape index (κ1) is 23.6. The third-order valence-electron chi connectivity index (χ3n) is 6.89. The van der Waals surface area contributed by atoms with Gasteiger partial charge in [0.1, 0.15) is 17.9 Å². The normalized spacial score (nSPS) is 19.0. The van der Waals surface area contributed by atoms with Gasteiger partial charge in [0.2, 0.25) is 5.95 Å². The van der Waals surface area contributed by atoms with Crippen LogP contribution in [0.25, 0.3) is 5.69 Å². The van der Waals surface area contributed by atoms with E-state index in [2.05, 4.69) is 21.4 Å². The van der Waals surface area contributed by atoms with Gasteiger partial charge in [-0.3, -0.25) is 0 Å². The van der Waals surface area contributed by atoms with Crippen molar-refractivity contribution in [3.8, 4) is 11.4 Å². The summed E-state index contributed by atoms with van der Waals surface area (Å²) in [5.41, 5.74) is 4.51. The van der Waals surface area contributed by atoms with Gasteiger partial charge in [-0.2, -0.15) is 4.98 Å². The summed E-state index contributed by atoms with van der Waals surface area (Å²) in [5.74, 6) is 2.33. The highest BCUT2D eigenvalue weighted by Crippen LogP contribution is 2.34. The van der Waals surface area contributed by atoms with Crippen LogP contribution in [0, 0.1) is 13.8 Å². The number of aryl methyl sites for hydroxylation is 2. The zero-order chi connectivity index (χ0) is 24.7. The number of anilines is 3. The van der Waals surface area contributed by atoms with E-state index in [-0.39, 0.29) is 24.2 Å². The molecule has 1 fully saturated rings. The summed E-state index contributed by atoms with van der Waals surface area (Å²) >= 11 is 0. The Kier molecular flexibility index (Phi) is 6.14. The molecule has 35 heavy (non-hydrogen) atoms. The van der Waals surface area contributed by atoms with Crippen LogP contribution in [-0.2, 0) is 22.0 Å². The van der Waals surface area contributed by atoms with E-state index in [1.807, 2.05) is 35.6 Å². The molecule has 0 saturated carbocycles. The molecule has 4 heterocycles. The fourth-order valence-electron chi connectivity index (χ4n) is 4.83. The second-order valence-electron chi connectivity index (χ2n) is 9.19. The highest BCUT2D eigenvalue weighted by atomic mass is 32.2. The van der Waals surface area contributed by atoms with Gasteiger partial charge in [0, 0.05) is 24.6 Å². The number of ether oxygens (including phenoxy) is 1. The number of rotatable bonds is 6. The maximum absolute atomic E-state index is 12.4. The standard InChI is InChI=1S/C24H30N6O4S/c1-15-9-18(10-21(34-3)16(15)2)29-11-22(25-14-29)27-24-26-20-6-8-35(32,33)13-19(20)23(28-24)30-7-4-5-17(30)12-31/h9-11,14,17,31H,4-8,12-13H2,1-3H3,(H,26,27,28)/t17-/m0/s1.